The molecule has 0 radical (unpaired) electrons. The van der Waals surface area contributed by atoms with Gasteiger partial charge in [-0.1, -0.05) is 6.07 Å². The summed E-state index contributed by atoms with van der Waals surface area (Å²) < 4.78 is 0. The van der Waals surface area contributed by atoms with Gasteiger partial charge >= 0.3 is 0 Å². The molecule has 5 nitrogen and oxygen atoms in total. The van der Waals surface area contributed by atoms with E-state index in [1.54, 1.807) is 0 Å². The second-order valence-electron chi connectivity index (χ2n) is 5.01. The molecule has 0 heterocycles. The summed E-state index contributed by atoms with van der Waals surface area (Å²) in [5.41, 5.74) is 4.35. The Morgan fingerprint density at radius 2 is 1.57 bits per heavy atom. The van der Waals surface area contributed by atoms with E-state index in [9.17, 15) is 14.9 Å². The third kappa shape index (κ3) is 3.25. The second-order valence-corrected chi connectivity index (χ2v) is 5.01. The lowest BCUT2D eigenvalue weighted by Crippen LogP contribution is -2.13. The maximum atomic E-state index is 12.2. The number of nitrogens with one attached hydrogen (secondary N) is 1. The van der Waals surface area contributed by atoms with Crippen molar-refractivity contribution in [1.29, 1.82) is 0 Å². The number of nitro benzene ring substituents is 1. The van der Waals surface area contributed by atoms with Crippen LogP contribution < -0.4 is 5.32 Å². The van der Waals surface area contributed by atoms with Crippen molar-refractivity contribution in [3.05, 3.63) is 68.8 Å². The molecular weight excluding hydrogens is 268 g/mol. The molecule has 1 amide bonds. The lowest BCUT2D eigenvalue weighted by Gasteiger charge is -2.11. The average Bonchev–Trinajstić information content (AvgIpc) is 2.44. The number of hydrogen-bond acceptors (Lipinski definition) is 3. The summed E-state index contributed by atoms with van der Waals surface area (Å²) in [6.45, 7) is 5.93. The monoisotopic (exact) mass is 284 g/mol. The fraction of sp³-hybridized carbons (Fsp3) is 0.188. The summed E-state index contributed by atoms with van der Waals surface area (Å²) in [7, 11) is 0. The predicted molar refractivity (Wildman–Crippen MR) is 81.7 cm³/mol. The van der Waals surface area contributed by atoms with Gasteiger partial charge in [-0.2, -0.15) is 0 Å². The average molecular weight is 284 g/mol. The highest BCUT2D eigenvalue weighted by Gasteiger charge is 2.11. The highest BCUT2D eigenvalue weighted by molar-refractivity contribution is 6.04. The van der Waals surface area contributed by atoms with Crippen LogP contribution in [0.15, 0.2) is 36.4 Å². The summed E-state index contributed by atoms with van der Waals surface area (Å²) in [5, 5.41) is 13.4. The van der Waals surface area contributed by atoms with E-state index in [1.807, 2.05) is 32.9 Å². The van der Waals surface area contributed by atoms with Crippen LogP contribution in [0.1, 0.15) is 27.0 Å². The Kier molecular flexibility index (Phi) is 4.03. The van der Waals surface area contributed by atoms with E-state index in [2.05, 4.69) is 5.32 Å². The smallest absolute Gasteiger partial charge is 0.269 e. The van der Waals surface area contributed by atoms with Crippen LogP contribution >= 0.6 is 0 Å². The molecule has 108 valence electrons. The molecule has 0 saturated heterocycles. The lowest BCUT2D eigenvalue weighted by molar-refractivity contribution is -0.384. The van der Waals surface area contributed by atoms with Crippen LogP contribution in [0.3, 0.4) is 0 Å². The molecule has 0 saturated carbocycles. The number of carbonyl (C=O) groups is 1. The van der Waals surface area contributed by atoms with Crippen LogP contribution in [-0.4, -0.2) is 10.8 Å². The first kappa shape index (κ1) is 14.7. The maximum absolute atomic E-state index is 12.2. The largest absolute Gasteiger partial charge is 0.322 e. The van der Waals surface area contributed by atoms with Gasteiger partial charge in [0, 0.05) is 23.4 Å². The minimum absolute atomic E-state index is 0.0334. The van der Waals surface area contributed by atoms with Crippen LogP contribution in [0.5, 0.6) is 0 Å². The van der Waals surface area contributed by atoms with Gasteiger partial charge in [0.05, 0.1) is 4.92 Å². The second kappa shape index (κ2) is 5.75. The van der Waals surface area contributed by atoms with Crippen molar-refractivity contribution in [3.8, 4) is 0 Å². The van der Waals surface area contributed by atoms with E-state index >= 15 is 0 Å². The zero-order chi connectivity index (χ0) is 15.6. The van der Waals surface area contributed by atoms with Crippen molar-refractivity contribution in [3.63, 3.8) is 0 Å². The van der Waals surface area contributed by atoms with Crippen LogP contribution in [0.2, 0.25) is 0 Å². The van der Waals surface area contributed by atoms with Crippen molar-refractivity contribution in [1.82, 2.24) is 0 Å². The fourth-order valence-corrected chi connectivity index (χ4v) is 2.02. The molecule has 2 aromatic rings. The van der Waals surface area contributed by atoms with Crippen molar-refractivity contribution in [2.45, 2.75) is 20.8 Å². The van der Waals surface area contributed by atoms with Crippen LogP contribution in [0.4, 0.5) is 11.4 Å². The molecule has 0 unspecified atom stereocenters. The minimum Gasteiger partial charge on any atom is -0.322 e. The van der Waals surface area contributed by atoms with Gasteiger partial charge in [-0.05, 0) is 55.7 Å². The third-order valence-electron chi connectivity index (χ3n) is 3.43. The lowest BCUT2D eigenvalue weighted by atomic mass is 10.0. The number of anilines is 1. The Balaban J connectivity index is 2.22. The normalized spacial score (nSPS) is 10.2. The molecule has 0 aliphatic carbocycles. The van der Waals surface area contributed by atoms with Gasteiger partial charge < -0.3 is 5.32 Å². The van der Waals surface area contributed by atoms with E-state index in [-0.39, 0.29) is 11.6 Å². The standard InChI is InChI=1S/C16H16N2O3/c1-10-8-12(3)15(9-11(10)2)17-16(19)13-4-6-14(7-5-13)18(20)21/h4-9H,1-3H3,(H,17,19). The zero-order valence-corrected chi connectivity index (χ0v) is 12.1. The first-order valence-electron chi connectivity index (χ1n) is 6.52. The Labute approximate surface area is 122 Å². The summed E-state index contributed by atoms with van der Waals surface area (Å²) in [5.74, 6) is -0.281. The van der Waals surface area contributed by atoms with Gasteiger partial charge in [-0.25, -0.2) is 0 Å². The predicted octanol–water partition coefficient (Wildman–Crippen LogP) is 3.77. The number of rotatable bonds is 3. The summed E-state index contributed by atoms with van der Waals surface area (Å²) in [6, 6.07) is 9.48. The van der Waals surface area contributed by atoms with Crippen molar-refractivity contribution < 1.29 is 9.72 Å². The number of amides is 1. The number of non-ortho nitro benzene ring substituents is 1. The van der Waals surface area contributed by atoms with E-state index < -0.39 is 4.92 Å². The SMILES string of the molecule is Cc1cc(C)c(NC(=O)c2ccc([N+](=O)[O-])cc2)cc1C. The molecule has 2 aromatic carbocycles. The first-order valence-corrected chi connectivity index (χ1v) is 6.52. The van der Waals surface area contributed by atoms with E-state index in [1.165, 1.54) is 29.8 Å². The molecule has 1 N–H and O–H groups in total. The highest BCUT2D eigenvalue weighted by atomic mass is 16.6. The van der Waals surface area contributed by atoms with E-state index in [4.69, 9.17) is 0 Å². The molecule has 0 bridgehead atoms. The summed E-state index contributed by atoms with van der Waals surface area (Å²) in [4.78, 5) is 22.3. The van der Waals surface area contributed by atoms with Gasteiger partial charge in [0.1, 0.15) is 0 Å². The van der Waals surface area contributed by atoms with Crippen molar-refractivity contribution >= 4 is 17.3 Å². The number of hydrogen-bond donors (Lipinski definition) is 1. The molecule has 2 rings (SSSR count). The van der Waals surface area contributed by atoms with E-state index in [0.29, 0.717) is 5.56 Å². The molecule has 0 aliphatic rings. The van der Waals surface area contributed by atoms with Crippen LogP contribution in [0, 0.1) is 30.9 Å². The van der Waals surface area contributed by atoms with Gasteiger partial charge in [0.2, 0.25) is 0 Å². The molecular formula is C16H16N2O3. The van der Waals surface area contributed by atoms with Gasteiger partial charge in [-0.15, -0.1) is 0 Å². The molecule has 0 atom stereocenters. The summed E-state index contributed by atoms with van der Waals surface area (Å²) in [6.07, 6.45) is 0. The van der Waals surface area contributed by atoms with Crippen molar-refractivity contribution in [2.24, 2.45) is 0 Å². The van der Waals surface area contributed by atoms with Gasteiger partial charge in [0.15, 0.2) is 0 Å². The minimum atomic E-state index is -0.491. The Bertz CT molecular complexity index is 706. The Morgan fingerprint density at radius 3 is 2.14 bits per heavy atom. The van der Waals surface area contributed by atoms with Crippen molar-refractivity contribution in [2.75, 3.05) is 5.32 Å². The molecule has 5 heteroatoms. The molecule has 21 heavy (non-hydrogen) atoms. The fourth-order valence-electron chi connectivity index (χ4n) is 2.02. The first-order chi connectivity index (χ1) is 9.88. The maximum Gasteiger partial charge on any atom is 0.269 e. The third-order valence-corrected chi connectivity index (χ3v) is 3.43. The number of aryl methyl sites for hydroxylation is 3. The number of carbonyl (C=O) groups excluding carboxylic acids is 1. The Hall–Kier alpha value is -2.69. The molecule has 0 aromatic heterocycles. The van der Waals surface area contributed by atoms with Crippen LogP contribution in [-0.2, 0) is 0 Å². The van der Waals surface area contributed by atoms with E-state index in [0.717, 1.165) is 16.8 Å². The number of nitrogens with zero attached hydrogens (tertiary/aromatic N) is 1. The summed E-state index contributed by atoms with van der Waals surface area (Å²) >= 11 is 0. The quantitative estimate of drug-likeness (QED) is 0.688. The molecule has 0 fully saturated rings. The van der Waals surface area contributed by atoms with Gasteiger partial charge in [0.25, 0.3) is 11.6 Å². The number of nitro groups is 1. The zero-order valence-electron chi connectivity index (χ0n) is 12.1. The molecule has 0 aliphatic heterocycles. The molecule has 0 spiro atoms. The highest BCUT2D eigenvalue weighted by Crippen LogP contribution is 2.21. The topological polar surface area (TPSA) is 72.2 Å². The van der Waals surface area contributed by atoms with Gasteiger partial charge in [-0.3, -0.25) is 14.9 Å². The number of benzene rings is 2. The van der Waals surface area contributed by atoms with Crippen LogP contribution in [0.25, 0.3) is 0 Å². The Morgan fingerprint density at radius 1 is 1.00 bits per heavy atom.